The zero-order chi connectivity index (χ0) is 18.3. The maximum Gasteiger partial charge on any atom is 0.281 e. The van der Waals surface area contributed by atoms with Crippen LogP contribution in [0.25, 0.3) is 10.2 Å². The lowest BCUT2D eigenvalue weighted by Gasteiger charge is -2.24. The number of ether oxygens (including phenoxy) is 1. The molecule has 6 nitrogen and oxygen atoms in total. The number of rotatable bonds is 4. The van der Waals surface area contributed by atoms with Crippen molar-refractivity contribution in [3.63, 3.8) is 0 Å². The lowest BCUT2D eigenvalue weighted by atomic mass is 10.1. The summed E-state index contributed by atoms with van der Waals surface area (Å²) in [5.74, 6) is 7.26. The van der Waals surface area contributed by atoms with Crippen LogP contribution in [0, 0.1) is 6.92 Å². The molecule has 1 aliphatic heterocycles. The highest BCUT2D eigenvalue weighted by molar-refractivity contribution is 7.18. The molecule has 2 aromatic heterocycles. The van der Waals surface area contributed by atoms with Crippen LogP contribution in [-0.4, -0.2) is 27.6 Å². The first kappa shape index (κ1) is 17.1. The van der Waals surface area contributed by atoms with Gasteiger partial charge in [-0.05, 0) is 37.1 Å². The molecule has 26 heavy (non-hydrogen) atoms. The first-order valence-electron chi connectivity index (χ1n) is 8.80. The monoisotopic (exact) mass is 370 g/mol. The number of nitrogens with zero attached hydrogens (tertiary/aromatic N) is 3. The molecule has 0 saturated carbocycles. The van der Waals surface area contributed by atoms with Crippen LogP contribution in [0.3, 0.4) is 0 Å². The topological polar surface area (TPSA) is 73.4 Å². The average Bonchev–Trinajstić information content (AvgIpc) is 3.02. The molecule has 7 heteroatoms. The molecule has 0 bridgehead atoms. The molecule has 1 aromatic carbocycles. The summed E-state index contributed by atoms with van der Waals surface area (Å²) in [5.41, 5.74) is 1.98. The van der Waals surface area contributed by atoms with Crippen molar-refractivity contribution in [2.75, 3.05) is 18.9 Å². The van der Waals surface area contributed by atoms with Gasteiger partial charge in [0.2, 0.25) is 0 Å². The lowest BCUT2D eigenvalue weighted by Crippen LogP contribution is -2.33. The average molecular weight is 370 g/mol. The Kier molecular flexibility index (Phi) is 4.42. The Hall–Kier alpha value is -2.38. The molecule has 3 aromatic rings. The lowest BCUT2D eigenvalue weighted by molar-refractivity contribution is 0.272. The molecule has 4 rings (SSSR count). The summed E-state index contributed by atoms with van der Waals surface area (Å²) in [6, 6.07) is 7.76. The minimum Gasteiger partial charge on any atom is -0.485 e. The van der Waals surface area contributed by atoms with Crippen molar-refractivity contribution in [1.29, 1.82) is 0 Å². The third kappa shape index (κ3) is 2.87. The highest BCUT2D eigenvalue weighted by Crippen LogP contribution is 2.32. The Morgan fingerprint density at radius 1 is 1.35 bits per heavy atom. The van der Waals surface area contributed by atoms with E-state index >= 15 is 0 Å². The number of benzene rings is 1. The highest BCUT2D eigenvalue weighted by Gasteiger charge is 2.24. The number of nitrogen functional groups attached to an aromatic ring is 1. The van der Waals surface area contributed by atoms with Gasteiger partial charge in [0.25, 0.3) is 5.56 Å². The first-order valence-corrected chi connectivity index (χ1v) is 9.62. The van der Waals surface area contributed by atoms with Gasteiger partial charge in [-0.15, -0.1) is 11.3 Å². The molecule has 0 aliphatic carbocycles. The maximum atomic E-state index is 12.8. The zero-order valence-electron chi connectivity index (χ0n) is 15.0. The van der Waals surface area contributed by atoms with E-state index in [2.05, 4.69) is 16.8 Å². The van der Waals surface area contributed by atoms with Gasteiger partial charge in [-0.1, -0.05) is 25.1 Å². The van der Waals surface area contributed by atoms with E-state index in [1.807, 2.05) is 31.2 Å². The van der Waals surface area contributed by atoms with Gasteiger partial charge in [-0.3, -0.25) is 9.69 Å². The first-order chi connectivity index (χ1) is 12.6. The second-order valence-corrected chi connectivity index (χ2v) is 7.64. The summed E-state index contributed by atoms with van der Waals surface area (Å²) < 4.78 is 6.98. The predicted octanol–water partition coefficient (Wildman–Crippen LogP) is 2.44. The highest BCUT2D eigenvalue weighted by atomic mass is 32.1. The van der Waals surface area contributed by atoms with Gasteiger partial charge in [-0.2, -0.15) is 0 Å². The van der Waals surface area contributed by atoms with E-state index in [9.17, 15) is 4.79 Å². The van der Waals surface area contributed by atoms with Crippen LogP contribution < -0.4 is 16.1 Å². The van der Waals surface area contributed by atoms with Crippen LogP contribution in [0.2, 0.25) is 0 Å². The van der Waals surface area contributed by atoms with E-state index in [1.54, 1.807) is 11.3 Å². The number of thiophene rings is 1. The van der Waals surface area contributed by atoms with Gasteiger partial charge in [-0.25, -0.2) is 9.66 Å². The Bertz CT molecular complexity index is 1020. The van der Waals surface area contributed by atoms with Gasteiger partial charge in [0.1, 0.15) is 17.2 Å². The maximum absolute atomic E-state index is 12.8. The minimum atomic E-state index is -0.180. The second-order valence-electron chi connectivity index (χ2n) is 6.56. The second kappa shape index (κ2) is 6.74. The van der Waals surface area contributed by atoms with Crippen molar-refractivity contribution >= 4 is 21.6 Å². The Morgan fingerprint density at radius 3 is 2.92 bits per heavy atom. The molecule has 2 N–H and O–H groups in total. The number of fused-ring (bicyclic) bond motifs is 3. The summed E-state index contributed by atoms with van der Waals surface area (Å²) in [7, 11) is 0. The van der Waals surface area contributed by atoms with Crippen molar-refractivity contribution < 1.29 is 4.74 Å². The normalized spacial score (nSPS) is 14.5. The van der Waals surface area contributed by atoms with E-state index in [4.69, 9.17) is 10.6 Å². The number of para-hydroxylation sites is 1. The third-order valence-electron chi connectivity index (χ3n) is 4.96. The van der Waals surface area contributed by atoms with Crippen LogP contribution in [0.5, 0.6) is 5.75 Å². The molecule has 0 unspecified atom stereocenters. The number of hydrogen-bond donors (Lipinski definition) is 1. The van der Waals surface area contributed by atoms with E-state index in [1.165, 1.54) is 4.88 Å². The quantitative estimate of drug-likeness (QED) is 0.714. The third-order valence-corrected chi connectivity index (χ3v) is 6.07. The van der Waals surface area contributed by atoms with Crippen molar-refractivity contribution in [3.05, 3.63) is 56.4 Å². The minimum absolute atomic E-state index is 0.163. The molecule has 1 aliphatic rings. The van der Waals surface area contributed by atoms with Gasteiger partial charge < -0.3 is 10.6 Å². The van der Waals surface area contributed by atoms with Crippen LogP contribution in [0.1, 0.15) is 28.8 Å². The smallest absolute Gasteiger partial charge is 0.281 e. The number of aryl methyl sites for hydroxylation is 1. The number of nitrogens with two attached hydrogens (primary N) is 1. The molecule has 0 amide bonds. The van der Waals surface area contributed by atoms with Crippen LogP contribution in [0.15, 0.2) is 29.1 Å². The van der Waals surface area contributed by atoms with Gasteiger partial charge in [0, 0.05) is 18.0 Å². The SMILES string of the molecule is CCN1CCc2c(sc3nc(COc4ccccc4C)n(N)c(=O)c23)C1. The summed E-state index contributed by atoms with van der Waals surface area (Å²) in [6.45, 7) is 7.16. The summed E-state index contributed by atoms with van der Waals surface area (Å²) in [6.07, 6.45) is 0.874. The summed E-state index contributed by atoms with van der Waals surface area (Å²) in [4.78, 5) is 21.9. The summed E-state index contributed by atoms with van der Waals surface area (Å²) in [5, 5.41) is 0.683. The molecule has 0 atom stereocenters. The number of hydrogen-bond acceptors (Lipinski definition) is 6. The molecule has 0 radical (unpaired) electrons. The Balaban J connectivity index is 1.70. The molecule has 0 spiro atoms. The van der Waals surface area contributed by atoms with Crippen LogP contribution in [0.4, 0.5) is 0 Å². The van der Waals surface area contributed by atoms with Crippen molar-refractivity contribution in [2.24, 2.45) is 0 Å². The van der Waals surface area contributed by atoms with Crippen molar-refractivity contribution in [3.8, 4) is 5.75 Å². The van der Waals surface area contributed by atoms with Gasteiger partial charge >= 0.3 is 0 Å². The molecule has 136 valence electrons. The number of likely N-dealkylation sites (N-methyl/N-ethyl adjacent to an activating group) is 1. The fourth-order valence-electron chi connectivity index (χ4n) is 3.38. The molecule has 3 heterocycles. The van der Waals surface area contributed by atoms with Gasteiger partial charge in [0.15, 0.2) is 5.82 Å². The van der Waals surface area contributed by atoms with Crippen LogP contribution in [-0.2, 0) is 19.6 Å². The number of aromatic nitrogens is 2. The fourth-order valence-corrected chi connectivity index (χ4v) is 4.65. The largest absolute Gasteiger partial charge is 0.485 e. The van der Waals surface area contributed by atoms with E-state index in [0.717, 1.165) is 52.4 Å². The standard InChI is InChI=1S/C19H22N4O2S/c1-3-22-9-8-13-15(10-22)26-18-17(13)19(24)23(20)16(21-18)11-25-14-7-5-4-6-12(14)2/h4-7H,3,8-11,20H2,1-2H3. The Labute approximate surface area is 155 Å². The molecule has 0 saturated heterocycles. The summed E-state index contributed by atoms with van der Waals surface area (Å²) >= 11 is 1.60. The van der Waals surface area contributed by atoms with E-state index in [-0.39, 0.29) is 12.2 Å². The van der Waals surface area contributed by atoms with E-state index in [0.29, 0.717) is 11.2 Å². The van der Waals surface area contributed by atoms with Gasteiger partial charge in [0.05, 0.1) is 5.39 Å². The Morgan fingerprint density at radius 2 is 2.15 bits per heavy atom. The van der Waals surface area contributed by atoms with Crippen LogP contribution >= 0.6 is 11.3 Å². The van der Waals surface area contributed by atoms with Crippen molar-refractivity contribution in [1.82, 2.24) is 14.6 Å². The fraction of sp³-hybridized carbons (Fsp3) is 0.368. The van der Waals surface area contributed by atoms with E-state index < -0.39 is 0 Å². The molecular formula is C19H22N4O2S. The van der Waals surface area contributed by atoms with Crippen molar-refractivity contribution in [2.45, 2.75) is 33.4 Å². The molecule has 0 fully saturated rings. The predicted molar refractivity (Wildman–Crippen MR) is 104 cm³/mol. The zero-order valence-corrected chi connectivity index (χ0v) is 15.8. The molecular weight excluding hydrogens is 348 g/mol.